The van der Waals surface area contributed by atoms with E-state index in [9.17, 15) is 9.59 Å². The van der Waals surface area contributed by atoms with E-state index in [2.05, 4.69) is 22.2 Å². The van der Waals surface area contributed by atoms with E-state index in [0.717, 1.165) is 18.4 Å². The van der Waals surface area contributed by atoms with Gasteiger partial charge in [0.15, 0.2) is 5.16 Å². The molecule has 3 aromatic rings. The van der Waals surface area contributed by atoms with Gasteiger partial charge in [-0.15, -0.1) is 0 Å². The first kappa shape index (κ1) is 19.1. The summed E-state index contributed by atoms with van der Waals surface area (Å²) in [5.41, 5.74) is 1.42. The van der Waals surface area contributed by atoms with Crippen LogP contribution in [0.1, 0.15) is 25.3 Å². The number of rotatable bonds is 7. The SMILES string of the molecule is CCCCNC(=O)CSc1nc2ccccc2c(=O)n1-c1cc(C)ccn1. The second-order valence-corrected chi connectivity index (χ2v) is 7.18. The standard InChI is InChI=1S/C20H22N4O2S/c1-3-4-10-22-18(25)13-27-20-23-16-8-6-5-7-15(16)19(26)24(20)17-12-14(2)9-11-21-17/h5-9,11-12H,3-4,10,13H2,1-2H3,(H,22,25). The topological polar surface area (TPSA) is 76.9 Å². The average Bonchev–Trinajstić information content (AvgIpc) is 2.66. The first-order valence-electron chi connectivity index (χ1n) is 8.94. The Morgan fingerprint density at radius 2 is 2.07 bits per heavy atom. The predicted octanol–water partition coefficient (Wildman–Crippen LogP) is 3.10. The van der Waals surface area contributed by atoms with Crippen LogP contribution in [0.3, 0.4) is 0 Å². The summed E-state index contributed by atoms with van der Waals surface area (Å²) in [4.78, 5) is 34.1. The van der Waals surface area contributed by atoms with Gasteiger partial charge in [-0.2, -0.15) is 0 Å². The van der Waals surface area contributed by atoms with E-state index in [0.29, 0.717) is 28.4 Å². The highest BCUT2D eigenvalue weighted by Gasteiger charge is 2.15. The van der Waals surface area contributed by atoms with Gasteiger partial charge in [0.25, 0.3) is 5.56 Å². The molecule has 0 unspecified atom stereocenters. The van der Waals surface area contributed by atoms with Crippen LogP contribution in [0.25, 0.3) is 16.7 Å². The minimum absolute atomic E-state index is 0.0698. The third-order valence-electron chi connectivity index (χ3n) is 4.06. The third kappa shape index (κ3) is 4.54. The fourth-order valence-corrected chi connectivity index (χ4v) is 3.47. The summed E-state index contributed by atoms with van der Waals surface area (Å²) in [6.07, 6.45) is 3.64. The molecule has 2 aromatic heterocycles. The highest BCUT2D eigenvalue weighted by atomic mass is 32.2. The smallest absolute Gasteiger partial charge is 0.267 e. The molecule has 0 spiro atoms. The fourth-order valence-electron chi connectivity index (χ4n) is 2.64. The largest absolute Gasteiger partial charge is 0.355 e. The van der Waals surface area contributed by atoms with Gasteiger partial charge in [0.1, 0.15) is 5.82 Å². The fraction of sp³-hybridized carbons (Fsp3) is 0.300. The summed E-state index contributed by atoms with van der Waals surface area (Å²) < 4.78 is 1.49. The van der Waals surface area contributed by atoms with Crippen LogP contribution in [0.2, 0.25) is 0 Å². The number of aryl methyl sites for hydroxylation is 1. The van der Waals surface area contributed by atoms with Crippen LogP contribution in [0.4, 0.5) is 0 Å². The molecule has 0 radical (unpaired) electrons. The number of amides is 1. The lowest BCUT2D eigenvalue weighted by Crippen LogP contribution is -2.27. The number of hydrogen-bond acceptors (Lipinski definition) is 5. The second kappa shape index (κ2) is 8.81. The zero-order chi connectivity index (χ0) is 19.2. The highest BCUT2D eigenvalue weighted by Crippen LogP contribution is 2.20. The minimum atomic E-state index is -0.187. The number of para-hydroxylation sites is 1. The number of thioether (sulfide) groups is 1. The summed E-state index contributed by atoms with van der Waals surface area (Å²) >= 11 is 1.24. The van der Waals surface area contributed by atoms with Crippen LogP contribution in [-0.2, 0) is 4.79 Å². The molecule has 27 heavy (non-hydrogen) atoms. The zero-order valence-electron chi connectivity index (χ0n) is 15.4. The Kier molecular flexibility index (Phi) is 6.24. The Hall–Kier alpha value is -2.67. The normalized spacial score (nSPS) is 10.9. The molecule has 0 atom stereocenters. The van der Waals surface area contributed by atoms with Crippen molar-refractivity contribution in [1.82, 2.24) is 19.9 Å². The number of aromatic nitrogens is 3. The Morgan fingerprint density at radius 3 is 2.85 bits per heavy atom. The van der Waals surface area contributed by atoms with Crippen molar-refractivity contribution >= 4 is 28.6 Å². The maximum absolute atomic E-state index is 13.1. The lowest BCUT2D eigenvalue weighted by Gasteiger charge is -2.13. The van der Waals surface area contributed by atoms with Gasteiger partial charge in [0.05, 0.1) is 16.7 Å². The van der Waals surface area contributed by atoms with Crippen LogP contribution in [0.15, 0.2) is 52.5 Å². The molecule has 3 rings (SSSR count). The predicted molar refractivity (Wildman–Crippen MR) is 109 cm³/mol. The van der Waals surface area contributed by atoms with Gasteiger partial charge in [-0.25, -0.2) is 14.5 Å². The molecule has 2 heterocycles. The van der Waals surface area contributed by atoms with Gasteiger partial charge in [0, 0.05) is 12.7 Å². The molecule has 0 saturated carbocycles. The zero-order valence-corrected chi connectivity index (χ0v) is 16.3. The van der Waals surface area contributed by atoms with E-state index in [-0.39, 0.29) is 17.2 Å². The van der Waals surface area contributed by atoms with Crippen LogP contribution in [0, 0.1) is 6.92 Å². The number of nitrogens with zero attached hydrogens (tertiary/aromatic N) is 3. The average molecular weight is 382 g/mol. The van der Waals surface area contributed by atoms with Gasteiger partial charge in [0.2, 0.25) is 5.91 Å². The molecule has 0 bridgehead atoms. The number of unbranched alkanes of at least 4 members (excludes halogenated alkanes) is 1. The second-order valence-electron chi connectivity index (χ2n) is 6.24. The molecule has 0 fully saturated rings. The Morgan fingerprint density at radius 1 is 1.26 bits per heavy atom. The summed E-state index contributed by atoms with van der Waals surface area (Å²) in [7, 11) is 0. The molecule has 6 nitrogen and oxygen atoms in total. The molecule has 0 aliphatic rings. The lowest BCUT2D eigenvalue weighted by atomic mass is 10.2. The van der Waals surface area contributed by atoms with Crippen molar-refractivity contribution in [1.29, 1.82) is 0 Å². The van der Waals surface area contributed by atoms with Crippen molar-refractivity contribution in [2.45, 2.75) is 31.8 Å². The van der Waals surface area contributed by atoms with Gasteiger partial charge in [-0.1, -0.05) is 37.2 Å². The van der Waals surface area contributed by atoms with Crippen molar-refractivity contribution in [3.8, 4) is 5.82 Å². The van der Waals surface area contributed by atoms with E-state index in [4.69, 9.17) is 0 Å². The molecule has 0 aliphatic carbocycles. The van der Waals surface area contributed by atoms with Crippen LogP contribution in [0.5, 0.6) is 0 Å². The van der Waals surface area contributed by atoms with Crippen molar-refractivity contribution < 1.29 is 4.79 Å². The van der Waals surface area contributed by atoms with E-state index < -0.39 is 0 Å². The van der Waals surface area contributed by atoms with Crippen molar-refractivity contribution in [2.75, 3.05) is 12.3 Å². The maximum atomic E-state index is 13.1. The first-order valence-corrected chi connectivity index (χ1v) is 9.93. The van der Waals surface area contributed by atoms with Gasteiger partial charge < -0.3 is 5.32 Å². The molecular weight excluding hydrogens is 360 g/mol. The molecule has 0 saturated heterocycles. The van der Waals surface area contributed by atoms with Crippen LogP contribution < -0.4 is 10.9 Å². The van der Waals surface area contributed by atoms with E-state index in [1.54, 1.807) is 18.3 Å². The Bertz CT molecular complexity index is 1020. The molecule has 1 N–H and O–H groups in total. The number of benzene rings is 1. The molecule has 7 heteroatoms. The molecule has 0 aliphatic heterocycles. The summed E-state index contributed by atoms with van der Waals surface area (Å²) in [6.45, 7) is 4.68. The van der Waals surface area contributed by atoms with Gasteiger partial charge in [-0.05, 0) is 43.2 Å². The summed E-state index contributed by atoms with van der Waals surface area (Å²) in [5.74, 6) is 0.632. The number of nitrogens with one attached hydrogen (secondary N) is 1. The first-order chi connectivity index (χ1) is 13.1. The lowest BCUT2D eigenvalue weighted by molar-refractivity contribution is -0.118. The number of pyridine rings is 1. The molecule has 1 aromatic carbocycles. The van der Waals surface area contributed by atoms with Crippen molar-refractivity contribution in [3.63, 3.8) is 0 Å². The number of hydrogen-bond donors (Lipinski definition) is 1. The summed E-state index contributed by atoms with van der Waals surface area (Å²) in [5, 5.41) is 3.87. The monoisotopic (exact) mass is 382 g/mol. The summed E-state index contributed by atoms with van der Waals surface area (Å²) in [6, 6.07) is 10.9. The third-order valence-corrected chi connectivity index (χ3v) is 5.00. The van der Waals surface area contributed by atoms with Crippen LogP contribution in [-0.4, -0.2) is 32.7 Å². The number of carbonyl (C=O) groups excluding carboxylic acids is 1. The Labute approximate surface area is 162 Å². The maximum Gasteiger partial charge on any atom is 0.267 e. The van der Waals surface area contributed by atoms with Crippen molar-refractivity contribution in [2.24, 2.45) is 0 Å². The number of carbonyl (C=O) groups is 1. The van der Waals surface area contributed by atoms with E-state index >= 15 is 0 Å². The Balaban J connectivity index is 1.98. The quantitative estimate of drug-likeness (QED) is 0.386. The number of fused-ring (bicyclic) bond motifs is 1. The van der Waals surface area contributed by atoms with E-state index in [1.165, 1.54) is 16.3 Å². The van der Waals surface area contributed by atoms with Crippen LogP contribution >= 0.6 is 11.8 Å². The van der Waals surface area contributed by atoms with E-state index in [1.807, 2.05) is 31.2 Å². The molecule has 140 valence electrons. The minimum Gasteiger partial charge on any atom is -0.355 e. The highest BCUT2D eigenvalue weighted by molar-refractivity contribution is 7.99. The van der Waals surface area contributed by atoms with Gasteiger partial charge in [-0.3, -0.25) is 9.59 Å². The molecular formula is C20H22N4O2S. The van der Waals surface area contributed by atoms with Gasteiger partial charge >= 0.3 is 0 Å². The molecule has 1 amide bonds. The van der Waals surface area contributed by atoms with Crippen molar-refractivity contribution in [3.05, 3.63) is 58.5 Å².